The van der Waals surface area contributed by atoms with Gasteiger partial charge in [0.25, 0.3) is 0 Å². The molecule has 3 fully saturated rings. The van der Waals surface area contributed by atoms with E-state index in [4.69, 9.17) is 4.74 Å². The monoisotopic (exact) mass is 181 g/mol. The van der Waals surface area contributed by atoms with Crippen LogP contribution in [-0.2, 0) is 4.74 Å². The first kappa shape index (κ1) is 8.25. The van der Waals surface area contributed by atoms with Gasteiger partial charge in [0.15, 0.2) is 0 Å². The van der Waals surface area contributed by atoms with Gasteiger partial charge in [-0.1, -0.05) is 0 Å². The molecule has 2 atom stereocenters. The van der Waals surface area contributed by atoms with E-state index in [2.05, 4.69) is 11.9 Å². The van der Waals surface area contributed by atoms with Crippen LogP contribution in [0.2, 0.25) is 0 Å². The van der Waals surface area contributed by atoms with Gasteiger partial charge in [-0.05, 0) is 44.1 Å². The molecule has 3 rings (SSSR count). The maximum absolute atomic E-state index is 5.93. The second-order valence-corrected chi connectivity index (χ2v) is 5.06. The van der Waals surface area contributed by atoms with Crippen molar-refractivity contribution in [3.05, 3.63) is 0 Å². The summed E-state index contributed by atoms with van der Waals surface area (Å²) in [5.41, 5.74) is 0. The average Bonchev–Trinajstić information content (AvgIpc) is 2.97. The summed E-state index contributed by atoms with van der Waals surface area (Å²) in [5, 5.41) is 0. The minimum Gasteiger partial charge on any atom is -0.378 e. The summed E-state index contributed by atoms with van der Waals surface area (Å²) in [6.07, 6.45) is 4.59. The lowest BCUT2D eigenvalue weighted by molar-refractivity contribution is 0.00136. The van der Waals surface area contributed by atoms with E-state index in [1.807, 2.05) is 0 Å². The molecule has 0 amide bonds. The van der Waals surface area contributed by atoms with Gasteiger partial charge in [0.05, 0.1) is 12.7 Å². The van der Waals surface area contributed by atoms with Gasteiger partial charge in [-0.2, -0.15) is 0 Å². The smallest absolute Gasteiger partial charge is 0.0599 e. The van der Waals surface area contributed by atoms with E-state index in [0.717, 1.165) is 24.4 Å². The zero-order valence-electron chi connectivity index (χ0n) is 8.41. The molecule has 0 N–H and O–H groups in total. The Hall–Kier alpha value is -0.0800. The highest BCUT2D eigenvalue weighted by molar-refractivity contribution is 5.11. The van der Waals surface area contributed by atoms with Crippen LogP contribution in [0.15, 0.2) is 0 Å². The van der Waals surface area contributed by atoms with Crippen molar-refractivity contribution >= 4 is 0 Å². The zero-order chi connectivity index (χ0) is 8.84. The Bertz CT molecular complexity index is 190. The molecule has 2 unspecified atom stereocenters. The number of likely N-dealkylation sites (tertiary alicyclic amines) is 1. The van der Waals surface area contributed by atoms with Gasteiger partial charge < -0.3 is 9.64 Å². The van der Waals surface area contributed by atoms with Crippen molar-refractivity contribution in [2.45, 2.75) is 25.4 Å². The van der Waals surface area contributed by atoms with Gasteiger partial charge >= 0.3 is 0 Å². The normalized spacial score (nSPS) is 44.5. The fourth-order valence-corrected chi connectivity index (χ4v) is 2.56. The number of rotatable bonds is 3. The first-order valence-corrected chi connectivity index (χ1v) is 5.65. The molecule has 0 spiro atoms. The van der Waals surface area contributed by atoms with Gasteiger partial charge in [0.2, 0.25) is 0 Å². The Labute approximate surface area is 80.2 Å². The topological polar surface area (TPSA) is 12.5 Å². The fourth-order valence-electron chi connectivity index (χ4n) is 2.56. The van der Waals surface area contributed by atoms with Crippen molar-refractivity contribution < 1.29 is 4.74 Å². The Balaban J connectivity index is 1.35. The van der Waals surface area contributed by atoms with Crippen LogP contribution in [0.3, 0.4) is 0 Å². The van der Waals surface area contributed by atoms with Gasteiger partial charge in [-0.15, -0.1) is 0 Å². The number of hydrogen-bond donors (Lipinski definition) is 0. The third kappa shape index (κ3) is 1.62. The summed E-state index contributed by atoms with van der Waals surface area (Å²) < 4.78 is 5.93. The molecule has 1 saturated heterocycles. The van der Waals surface area contributed by atoms with Crippen molar-refractivity contribution in [2.75, 3.05) is 26.7 Å². The fraction of sp³-hybridized carbons (Fsp3) is 1.00. The molecule has 2 aliphatic carbocycles. The minimum absolute atomic E-state index is 0.580. The van der Waals surface area contributed by atoms with Crippen LogP contribution in [0.25, 0.3) is 0 Å². The van der Waals surface area contributed by atoms with Crippen LogP contribution in [-0.4, -0.2) is 37.7 Å². The van der Waals surface area contributed by atoms with Crippen molar-refractivity contribution in [3.63, 3.8) is 0 Å². The molecule has 1 aliphatic heterocycles. The van der Waals surface area contributed by atoms with Crippen LogP contribution >= 0.6 is 0 Å². The van der Waals surface area contributed by atoms with Crippen molar-refractivity contribution in [1.29, 1.82) is 0 Å². The standard InChI is InChI=1S/C11H19NO/c1-12-4-2-8(3-5-12)13-7-11-9-6-10(9)11/h8-11H,2-7H2,1H3. The summed E-state index contributed by atoms with van der Waals surface area (Å²) in [6.45, 7) is 3.52. The SMILES string of the molecule is CN1CCC(OCC2C3CC23)CC1. The summed E-state index contributed by atoms with van der Waals surface area (Å²) >= 11 is 0. The number of fused-ring (bicyclic) bond motifs is 1. The van der Waals surface area contributed by atoms with Crippen molar-refractivity contribution in [1.82, 2.24) is 4.90 Å². The number of piperidine rings is 1. The first-order chi connectivity index (χ1) is 6.34. The van der Waals surface area contributed by atoms with Crippen molar-refractivity contribution in [3.8, 4) is 0 Å². The average molecular weight is 181 g/mol. The number of nitrogens with zero attached hydrogens (tertiary/aromatic N) is 1. The zero-order valence-corrected chi connectivity index (χ0v) is 8.41. The Morgan fingerprint density at radius 2 is 1.92 bits per heavy atom. The molecule has 74 valence electrons. The van der Waals surface area contributed by atoms with Crippen LogP contribution in [0.5, 0.6) is 0 Å². The Morgan fingerprint density at radius 1 is 1.23 bits per heavy atom. The molecule has 2 saturated carbocycles. The van der Waals surface area contributed by atoms with Crippen LogP contribution in [0.1, 0.15) is 19.3 Å². The van der Waals surface area contributed by atoms with E-state index in [1.54, 1.807) is 0 Å². The second kappa shape index (κ2) is 2.96. The van der Waals surface area contributed by atoms with Crippen LogP contribution in [0.4, 0.5) is 0 Å². The molecular formula is C11H19NO. The largest absolute Gasteiger partial charge is 0.378 e. The molecule has 0 aromatic heterocycles. The molecule has 0 bridgehead atoms. The lowest BCUT2D eigenvalue weighted by Gasteiger charge is -2.29. The maximum atomic E-state index is 5.93. The third-order valence-corrected chi connectivity index (χ3v) is 4.04. The highest BCUT2D eigenvalue weighted by atomic mass is 16.5. The lowest BCUT2D eigenvalue weighted by atomic mass is 10.1. The molecule has 2 heteroatoms. The summed E-state index contributed by atoms with van der Waals surface area (Å²) in [4.78, 5) is 2.40. The lowest BCUT2D eigenvalue weighted by Crippen LogP contribution is -2.34. The molecular weight excluding hydrogens is 162 g/mol. The maximum Gasteiger partial charge on any atom is 0.0599 e. The van der Waals surface area contributed by atoms with Crippen LogP contribution < -0.4 is 0 Å². The Morgan fingerprint density at radius 3 is 2.46 bits per heavy atom. The Kier molecular flexibility index (Phi) is 1.88. The highest BCUT2D eigenvalue weighted by Crippen LogP contribution is 2.68. The van der Waals surface area contributed by atoms with Crippen molar-refractivity contribution in [2.24, 2.45) is 17.8 Å². The van der Waals surface area contributed by atoms with Crippen LogP contribution in [0, 0.1) is 17.8 Å². The van der Waals surface area contributed by atoms with Gasteiger partial charge in [0, 0.05) is 13.1 Å². The molecule has 3 aliphatic rings. The summed E-state index contributed by atoms with van der Waals surface area (Å²) in [6, 6.07) is 0. The predicted octanol–water partition coefficient (Wildman–Crippen LogP) is 1.36. The van der Waals surface area contributed by atoms with E-state index < -0.39 is 0 Å². The van der Waals surface area contributed by atoms with E-state index >= 15 is 0 Å². The quantitative estimate of drug-likeness (QED) is 0.652. The second-order valence-electron chi connectivity index (χ2n) is 5.06. The molecule has 0 radical (unpaired) electrons. The first-order valence-electron chi connectivity index (χ1n) is 5.65. The molecule has 13 heavy (non-hydrogen) atoms. The predicted molar refractivity (Wildman–Crippen MR) is 51.6 cm³/mol. The molecule has 0 aromatic carbocycles. The summed E-state index contributed by atoms with van der Waals surface area (Å²) in [7, 11) is 2.20. The molecule has 2 nitrogen and oxygen atoms in total. The van der Waals surface area contributed by atoms with Gasteiger partial charge in [0.1, 0.15) is 0 Å². The van der Waals surface area contributed by atoms with E-state index in [1.165, 1.54) is 32.4 Å². The summed E-state index contributed by atoms with van der Waals surface area (Å²) in [5.74, 6) is 3.19. The third-order valence-electron chi connectivity index (χ3n) is 4.04. The van der Waals surface area contributed by atoms with E-state index in [-0.39, 0.29) is 0 Å². The molecule has 1 heterocycles. The van der Waals surface area contributed by atoms with E-state index in [9.17, 15) is 0 Å². The molecule has 0 aromatic rings. The number of ether oxygens (including phenoxy) is 1. The highest BCUT2D eigenvalue weighted by Gasteiger charge is 2.63. The van der Waals surface area contributed by atoms with Gasteiger partial charge in [-0.25, -0.2) is 0 Å². The minimum atomic E-state index is 0.580. The van der Waals surface area contributed by atoms with E-state index in [0.29, 0.717) is 6.10 Å². The number of hydrogen-bond acceptors (Lipinski definition) is 2. The van der Waals surface area contributed by atoms with Gasteiger partial charge in [-0.3, -0.25) is 0 Å².